The summed E-state index contributed by atoms with van der Waals surface area (Å²) in [5, 5.41) is 11.7. The smallest absolute Gasteiger partial charge is 0.322 e. The summed E-state index contributed by atoms with van der Waals surface area (Å²) < 4.78 is 0. The molecule has 21 heavy (non-hydrogen) atoms. The quantitative estimate of drug-likeness (QED) is 0.897. The number of hydrogen-bond donors (Lipinski definition) is 2. The van der Waals surface area contributed by atoms with E-state index < -0.39 is 5.97 Å². The summed E-state index contributed by atoms with van der Waals surface area (Å²) in [4.78, 5) is 24.9. The van der Waals surface area contributed by atoms with Crippen LogP contribution < -0.4 is 5.32 Å². The lowest BCUT2D eigenvalue weighted by Crippen LogP contribution is -2.46. The predicted octanol–water partition coefficient (Wildman–Crippen LogP) is 2.67. The van der Waals surface area contributed by atoms with Gasteiger partial charge in [0.2, 0.25) is 0 Å². The number of amides is 2. The van der Waals surface area contributed by atoms with Crippen LogP contribution in [0.15, 0.2) is 24.3 Å². The zero-order valence-corrected chi connectivity index (χ0v) is 12.9. The van der Waals surface area contributed by atoms with E-state index in [1.54, 1.807) is 0 Å². The molecule has 1 aliphatic heterocycles. The van der Waals surface area contributed by atoms with Gasteiger partial charge < -0.3 is 15.3 Å². The van der Waals surface area contributed by atoms with E-state index in [0.29, 0.717) is 12.1 Å². The Bertz CT molecular complexity index is 521. The lowest BCUT2D eigenvalue weighted by atomic mass is 10.1. The zero-order valence-electron chi connectivity index (χ0n) is 12.0. The molecule has 0 saturated carbocycles. The number of carboxylic acid groups (broad SMARTS) is 1. The van der Waals surface area contributed by atoms with Gasteiger partial charge in [0.1, 0.15) is 0 Å². The van der Waals surface area contributed by atoms with Gasteiger partial charge in [0.25, 0.3) is 0 Å². The maximum Gasteiger partial charge on any atom is 0.322 e. The molecule has 0 bridgehead atoms. The fraction of sp³-hybridized carbons (Fsp3) is 0.467. The molecule has 1 fully saturated rings. The van der Waals surface area contributed by atoms with Gasteiger partial charge in [-0.3, -0.25) is 4.79 Å². The zero-order chi connectivity index (χ0) is 15.2. The molecule has 1 unspecified atom stereocenters. The van der Waals surface area contributed by atoms with Gasteiger partial charge in [-0.15, -0.1) is 0 Å². The van der Waals surface area contributed by atoms with Crippen LogP contribution in [-0.2, 0) is 11.2 Å². The van der Waals surface area contributed by atoms with Crippen LogP contribution in [0.1, 0.15) is 18.9 Å². The fourth-order valence-electron chi connectivity index (χ4n) is 2.32. The van der Waals surface area contributed by atoms with Crippen molar-refractivity contribution >= 4 is 29.4 Å². The first-order valence-electron chi connectivity index (χ1n) is 7.03. The van der Waals surface area contributed by atoms with Crippen LogP contribution in [0.4, 0.5) is 10.5 Å². The molecule has 0 spiro atoms. The van der Waals surface area contributed by atoms with Crippen molar-refractivity contribution in [1.29, 1.82) is 0 Å². The molecule has 1 heterocycles. The standard InChI is InChI=1S/C15H20N2O3S/c1-11-10-21-9-8-17(11)15(20)16-13-5-3-2-4-12(13)6-7-14(18)19/h2-5,11H,6-10H2,1H3,(H,16,20)(H,18,19). The number of carbonyl (C=O) groups is 2. The second kappa shape index (κ2) is 7.36. The van der Waals surface area contributed by atoms with Gasteiger partial charge >= 0.3 is 12.0 Å². The SMILES string of the molecule is CC1CSCCN1C(=O)Nc1ccccc1CCC(=O)O. The summed E-state index contributed by atoms with van der Waals surface area (Å²) in [6, 6.07) is 7.48. The molecule has 0 aliphatic carbocycles. The van der Waals surface area contributed by atoms with E-state index in [2.05, 4.69) is 5.32 Å². The van der Waals surface area contributed by atoms with E-state index in [-0.39, 0.29) is 18.5 Å². The summed E-state index contributed by atoms with van der Waals surface area (Å²) in [6.45, 7) is 2.79. The van der Waals surface area contributed by atoms with Crippen LogP contribution in [-0.4, -0.2) is 46.1 Å². The van der Waals surface area contributed by atoms with E-state index in [1.807, 2.05) is 47.9 Å². The number of benzene rings is 1. The lowest BCUT2D eigenvalue weighted by molar-refractivity contribution is -0.136. The van der Waals surface area contributed by atoms with Crippen molar-refractivity contribution in [3.05, 3.63) is 29.8 Å². The highest BCUT2D eigenvalue weighted by molar-refractivity contribution is 7.99. The number of carbonyl (C=O) groups excluding carboxylic acids is 1. The Morgan fingerprint density at radius 2 is 2.19 bits per heavy atom. The second-order valence-electron chi connectivity index (χ2n) is 5.10. The molecular weight excluding hydrogens is 288 g/mol. The monoisotopic (exact) mass is 308 g/mol. The third kappa shape index (κ3) is 4.39. The van der Waals surface area contributed by atoms with Gasteiger partial charge in [0, 0.05) is 36.2 Å². The van der Waals surface area contributed by atoms with Crippen molar-refractivity contribution in [2.24, 2.45) is 0 Å². The summed E-state index contributed by atoms with van der Waals surface area (Å²) in [5.41, 5.74) is 1.56. The maximum atomic E-state index is 12.4. The first-order valence-corrected chi connectivity index (χ1v) is 8.18. The molecule has 1 atom stereocenters. The van der Waals surface area contributed by atoms with Gasteiger partial charge in [0.15, 0.2) is 0 Å². The number of carboxylic acids is 1. The average molecular weight is 308 g/mol. The number of aliphatic carboxylic acids is 1. The number of anilines is 1. The Morgan fingerprint density at radius 1 is 1.43 bits per heavy atom. The molecule has 114 valence electrons. The van der Waals surface area contributed by atoms with Gasteiger partial charge in [-0.2, -0.15) is 11.8 Å². The molecular formula is C15H20N2O3S. The number of para-hydroxylation sites is 1. The number of aryl methyl sites for hydroxylation is 1. The van der Waals surface area contributed by atoms with Crippen molar-refractivity contribution in [2.45, 2.75) is 25.8 Å². The van der Waals surface area contributed by atoms with Crippen LogP contribution in [0.25, 0.3) is 0 Å². The molecule has 2 N–H and O–H groups in total. The van der Waals surface area contributed by atoms with Gasteiger partial charge in [-0.25, -0.2) is 4.79 Å². The van der Waals surface area contributed by atoms with Crippen LogP contribution >= 0.6 is 11.8 Å². The first-order chi connectivity index (χ1) is 10.1. The highest BCUT2D eigenvalue weighted by Gasteiger charge is 2.23. The number of urea groups is 1. The van der Waals surface area contributed by atoms with Crippen LogP contribution in [0, 0.1) is 0 Å². The topological polar surface area (TPSA) is 69.6 Å². The number of nitrogens with one attached hydrogen (secondary N) is 1. The minimum absolute atomic E-state index is 0.0592. The summed E-state index contributed by atoms with van der Waals surface area (Å²) >= 11 is 1.86. The van der Waals surface area contributed by atoms with E-state index in [4.69, 9.17) is 5.11 Å². The van der Waals surface area contributed by atoms with Crippen LogP contribution in [0.2, 0.25) is 0 Å². The Balaban J connectivity index is 2.04. The molecule has 0 aromatic heterocycles. The maximum absolute atomic E-state index is 12.4. The van der Waals surface area contributed by atoms with Crippen LogP contribution in [0.5, 0.6) is 0 Å². The molecule has 5 nitrogen and oxygen atoms in total. The Labute approximate surface area is 128 Å². The van der Waals surface area contributed by atoms with E-state index >= 15 is 0 Å². The Morgan fingerprint density at radius 3 is 2.90 bits per heavy atom. The molecule has 1 aromatic rings. The molecule has 1 aromatic carbocycles. The summed E-state index contributed by atoms with van der Waals surface area (Å²) in [5.74, 6) is 1.07. The minimum Gasteiger partial charge on any atom is -0.481 e. The van der Waals surface area contributed by atoms with Crippen LogP contribution in [0.3, 0.4) is 0 Å². The van der Waals surface area contributed by atoms with E-state index in [1.165, 1.54) is 0 Å². The van der Waals surface area contributed by atoms with Crippen molar-refractivity contribution in [1.82, 2.24) is 4.90 Å². The van der Waals surface area contributed by atoms with Crippen molar-refractivity contribution in [3.63, 3.8) is 0 Å². The normalized spacial score (nSPS) is 18.3. The summed E-state index contributed by atoms with van der Waals surface area (Å²) in [6.07, 6.45) is 0.473. The van der Waals surface area contributed by atoms with E-state index in [9.17, 15) is 9.59 Å². The van der Waals surface area contributed by atoms with Crippen molar-refractivity contribution < 1.29 is 14.7 Å². The predicted molar refractivity (Wildman–Crippen MR) is 84.9 cm³/mol. The molecule has 1 aliphatic rings. The second-order valence-corrected chi connectivity index (χ2v) is 6.25. The fourth-order valence-corrected chi connectivity index (χ4v) is 3.33. The van der Waals surface area contributed by atoms with Gasteiger partial charge in [-0.1, -0.05) is 18.2 Å². The highest BCUT2D eigenvalue weighted by atomic mass is 32.2. The largest absolute Gasteiger partial charge is 0.481 e. The molecule has 2 amide bonds. The third-order valence-corrected chi connectivity index (χ3v) is 4.69. The molecule has 1 saturated heterocycles. The van der Waals surface area contributed by atoms with E-state index in [0.717, 1.165) is 23.6 Å². The van der Waals surface area contributed by atoms with Crippen molar-refractivity contribution in [2.75, 3.05) is 23.4 Å². The third-order valence-electron chi connectivity index (χ3n) is 3.50. The highest BCUT2D eigenvalue weighted by Crippen LogP contribution is 2.20. The molecule has 0 radical (unpaired) electrons. The minimum atomic E-state index is -0.835. The summed E-state index contributed by atoms with van der Waals surface area (Å²) in [7, 11) is 0. The number of hydrogen-bond acceptors (Lipinski definition) is 3. The first kappa shape index (κ1) is 15.7. The molecule has 2 rings (SSSR count). The Kier molecular flexibility index (Phi) is 5.50. The Hall–Kier alpha value is -1.69. The number of thioether (sulfide) groups is 1. The lowest BCUT2D eigenvalue weighted by Gasteiger charge is -2.33. The van der Waals surface area contributed by atoms with Gasteiger partial charge in [-0.05, 0) is 25.0 Å². The van der Waals surface area contributed by atoms with Crippen molar-refractivity contribution in [3.8, 4) is 0 Å². The number of nitrogens with zero attached hydrogens (tertiary/aromatic N) is 1. The molecule has 6 heteroatoms. The number of rotatable bonds is 4. The van der Waals surface area contributed by atoms with Gasteiger partial charge in [0.05, 0.1) is 0 Å². The average Bonchev–Trinajstić information content (AvgIpc) is 2.46.